The van der Waals surface area contributed by atoms with Crippen molar-refractivity contribution < 1.29 is 24.2 Å². The van der Waals surface area contributed by atoms with Crippen LogP contribution >= 0.6 is 0 Å². The van der Waals surface area contributed by atoms with E-state index in [0.717, 1.165) is 30.7 Å². The van der Waals surface area contributed by atoms with E-state index in [0.29, 0.717) is 42.3 Å². The number of carbonyl (C=O) groups excluding carboxylic acids is 3. The van der Waals surface area contributed by atoms with Crippen molar-refractivity contribution in [3.05, 3.63) is 59.7 Å². The van der Waals surface area contributed by atoms with Crippen LogP contribution < -0.4 is 20.3 Å². The number of hydrogen-bond donors (Lipinski definition) is 3. The molecule has 7 atom stereocenters. The molecule has 232 valence electrons. The van der Waals surface area contributed by atoms with Gasteiger partial charge >= 0.3 is 0 Å². The quantitative estimate of drug-likeness (QED) is 0.304. The third kappa shape index (κ3) is 7.77. The zero-order valence-electron chi connectivity index (χ0n) is 25.8. The summed E-state index contributed by atoms with van der Waals surface area (Å²) in [6.07, 6.45) is 6.44. The van der Waals surface area contributed by atoms with Gasteiger partial charge in [0.25, 0.3) is 5.91 Å². The molecule has 0 spiro atoms. The number of ether oxygens (including phenoxy) is 1. The number of rotatable bonds is 13. The molecule has 3 N–H and O–H groups in total. The Hall–Kier alpha value is -3.39. The number of nitrogens with zero attached hydrogens (tertiary/aromatic N) is 1. The molecule has 8 heteroatoms. The van der Waals surface area contributed by atoms with Crippen molar-refractivity contribution in [1.29, 1.82) is 0 Å². The van der Waals surface area contributed by atoms with Crippen molar-refractivity contribution in [2.45, 2.75) is 103 Å². The topological polar surface area (TPSA) is 108 Å². The van der Waals surface area contributed by atoms with Gasteiger partial charge in [-0.3, -0.25) is 14.4 Å². The highest BCUT2D eigenvalue weighted by molar-refractivity contribution is 5.99. The lowest BCUT2D eigenvalue weighted by atomic mass is 9.91. The molecule has 3 amide bonds. The van der Waals surface area contributed by atoms with Crippen molar-refractivity contribution in [3.63, 3.8) is 0 Å². The van der Waals surface area contributed by atoms with E-state index >= 15 is 0 Å². The van der Waals surface area contributed by atoms with Crippen LogP contribution in [0.1, 0.15) is 88.1 Å². The Bertz CT molecular complexity index is 1280. The number of carbonyl (C=O) groups is 3. The first kappa shape index (κ1) is 31.0. The zero-order valence-corrected chi connectivity index (χ0v) is 25.8. The van der Waals surface area contributed by atoms with Crippen LogP contribution in [0.2, 0.25) is 0 Å². The molecule has 8 nitrogen and oxygen atoms in total. The number of amides is 3. The third-order valence-corrected chi connectivity index (χ3v) is 9.64. The maximum absolute atomic E-state index is 13.8. The summed E-state index contributed by atoms with van der Waals surface area (Å²) in [5.74, 6) is 1.09. The molecule has 3 fully saturated rings. The lowest BCUT2D eigenvalue weighted by Gasteiger charge is -2.28. The van der Waals surface area contributed by atoms with Crippen LogP contribution in [-0.2, 0) is 16.0 Å². The molecular weight excluding hydrogens is 542 g/mol. The van der Waals surface area contributed by atoms with Gasteiger partial charge in [-0.05, 0) is 81.4 Å². The van der Waals surface area contributed by atoms with Gasteiger partial charge in [-0.1, -0.05) is 50.6 Å². The molecule has 1 aliphatic heterocycles. The standard InChI is InChI=1S/C35H47N3O5/c1-4-23(3)43-29-20-27(19-28(21-29)38-14-8-11-33(38)40)35(42)37-31(17-24-9-6-5-7-10-24)32(39)15-22(2)34(41)36-30-18-25-12-13-26(30)16-25/h5-7,9-10,19-23,25-26,30-32,39H,4,8,11-18H2,1-3H3,(H,36,41)(H,37,42). The van der Waals surface area contributed by atoms with Crippen LogP contribution in [0.15, 0.2) is 48.5 Å². The molecule has 3 aliphatic rings. The number of aliphatic hydroxyl groups is 1. The Balaban J connectivity index is 1.32. The predicted octanol–water partition coefficient (Wildman–Crippen LogP) is 5.02. The van der Waals surface area contributed by atoms with Gasteiger partial charge in [0.1, 0.15) is 5.75 Å². The average molecular weight is 590 g/mol. The number of hydrogen-bond acceptors (Lipinski definition) is 5. The monoisotopic (exact) mass is 589 g/mol. The fourth-order valence-corrected chi connectivity index (χ4v) is 6.96. The first-order valence-electron chi connectivity index (χ1n) is 16.2. The smallest absolute Gasteiger partial charge is 0.251 e. The minimum Gasteiger partial charge on any atom is -0.491 e. The fourth-order valence-electron chi connectivity index (χ4n) is 6.96. The van der Waals surface area contributed by atoms with Crippen LogP contribution in [0, 0.1) is 17.8 Å². The van der Waals surface area contributed by atoms with Crippen molar-refractivity contribution in [2.75, 3.05) is 11.4 Å². The molecule has 0 aromatic heterocycles. The van der Waals surface area contributed by atoms with E-state index in [4.69, 9.17) is 4.74 Å². The minimum atomic E-state index is -0.941. The maximum atomic E-state index is 13.8. The molecule has 2 aromatic carbocycles. The van der Waals surface area contributed by atoms with Gasteiger partial charge in [-0.15, -0.1) is 0 Å². The Morgan fingerprint density at radius 2 is 1.88 bits per heavy atom. The van der Waals surface area contributed by atoms with Gasteiger partial charge in [-0.25, -0.2) is 0 Å². The predicted molar refractivity (Wildman–Crippen MR) is 167 cm³/mol. The molecular formula is C35H47N3O5. The van der Waals surface area contributed by atoms with E-state index < -0.39 is 18.1 Å². The van der Waals surface area contributed by atoms with Gasteiger partial charge in [0.05, 0.1) is 18.2 Å². The van der Waals surface area contributed by atoms with Crippen molar-refractivity contribution >= 4 is 23.4 Å². The number of anilines is 1. The molecule has 1 saturated heterocycles. The third-order valence-electron chi connectivity index (χ3n) is 9.64. The second-order valence-corrected chi connectivity index (χ2v) is 13.0. The highest BCUT2D eigenvalue weighted by atomic mass is 16.5. The average Bonchev–Trinajstić information content (AvgIpc) is 3.74. The lowest BCUT2D eigenvalue weighted by Crippen LogP contribution is -2.47. The Kier molecular flexibility index (Phi) is 10.1. The SMILES string of the molecule is CCC(C)Oc1cc(C(=O)NC(Cc2ccccc2)C(O)CC(C)C(=O)NC2CC3CCC2C3)cc(N2CCCC2=O)c1. The molecule has 43 heavy (non-hydrogen) atoms. The number of nitrogens with one attached hydrogen (secondary N) is 2. The van der Waals surface area contributed by atoms with Gasteiger partial charge in [-0.2, -0.15) is 0 Å². The van der Waals surface area contributed by atoms with E-state index in [1.807, 2.05) is 57.2 Å². The Morgan fingerprint density at radius 3 is 2.53 bits per heavy atom. The molecule has 5 rings (SSSR count). The van der Waals surface area contributed by atoms with E-state index in [1.54, 1.807) is 17.0 Å². The van der Waals surface area contributed by atoms with Gasteiger partial charge in [0.2, 0.25) is 11.8 Å². The highest BCUT2D eigenvalue weighted by Gasteiger charge is 2.40. The molecule has 2 aromatic rings. The summed E-state index contributed by atoms with van der Waals surface area (Å²) < 4.78 is 6.08. The molecule has 2 saturated carbocycles. The normalized spacial score (nSPS) is 24.0. The van der Waals surface area contributed by atoms with E-state index in [9.17, 15) is 19.5 Å². The Morgan fingerprint density at radius 1 is 1.09 bits per heavy atom. The first-order chi connectivity index (χ1) is 20.7. The molecule has 7 unspecified atom stereocenters. The van der Waals surface area contributed by atoms with Crippen molar-refractivity contribution in [1.82, 2.24) is 10.6 Å². The second-order valence-electron chi connectivity index (χ2n) is 13.0. The lowest BCUT2D eigenvalue weighted by molar-refractivity contribution is -0.126. The van der Waals surface area contributed by atoms with Crippen LogP contribution in [0.4, 0.5) is 5.69 Å². The van der Waals surface area contributed by atoms with E-state index in [-0.39, 0.29) is 36.3 Å². The van der Waals surface area contributed by atoms with Gasteiger partial charge in [0.15, 0.2) is 0 Å². The Labute approximate surface area is 255 Å². The van der Waals surface area contributed by atoms with Gasteiger partial charge < -0.3 is 25.4 Å². The van der Waals surface area contributed by atoms with Crippen molar-refractivity contribution in [2.24, 2.45) is 17.8 Å². The van der Waals surface area contributed by atoms with E-state index in [2.05, 4.69) is 10.6 Å². The maximum Gasteiger partial charge on any atom is 0.251 e. The van der Waals surface area contributed by atoms with E-state index in [1.165, 1.54) is 19.3 Å². The second kappa shape index (κ2) is 13.9. The molecule has 1 heterocycles. The van der Waals surface area contributed by atoms with Crippen LogP contribution in [0.25, 0.3) is 0 Å². The number of aliphatic hydroxyl groups excluding tert-OH is 1. The summed E-state index contributed by atoms with van der Waals surface area (Å²) in [4.78, 5) is 41.1. The fraction of sp³-hybridized carbons (Fsp3) is 0.571. The largest absolute Gasteiger partial charge is 0.491 e. The van der Waals surface area contributed by atoms with Crippen LogP contribution in [0.3, 0.4) is 0 Å². The zero-order chi connectivity index (χ0) is 30.5. The number of benzene rings is 2. The summed E-state index contributed by atoms with van der Waals surface area (Å²) in [5, 5.41) is 17.8. The molecule has 0 radical (unpaired) electrons. The molecule has 2 bridgehead atoms. The van der Waals surface area contributed by atoms with Crippen LogP contribution in [-0.4, -0.2) is 53.7 Å². The summed E-state index contributed by atoms with van der Waals surface area (Å²) in [7, 11) is 0. The summed E-state index contributed by atoms with van der Waals surface area (Å²) in [6.45, 7) is 6.45. The summed E-state index contributed by atoms with van der Waals surface area (Å²) in [6, 6.07) is 14.6. The highest BCUT2D eigenvalue weighted by Crippen LogP contribution is 2.44. The minimum absolute atomic E-state index is 0.0297. The summed E-state index contributed by atoms with van der Waals surface area (Å²) >= 11 is 0. The first-order valence-corrected chi connectivity index (χ1v) is 16.2. The summed E-state index contributed by atoms with van der Waals surface area (Å²) in [5.41, 5.74) is 1.98. The van der Waals surface area contributed by atoms with Crippen LogP contribution in [0.5, 0.6) is 5.75 Å². The molecule has 2 aliphatic carbocycles. The van der Waals surface area contributed by atoms with Gasteiger partial charge in [0, 0.05) is 42.2 Å². The number of fused-ring (bicyclic) bond motifs is 2. The van der Waals surface area contributed by atoms with Crippen molar-refractivity contribution in [3.8, 4) is 5.75 Å².